The van der Waals surface area contributed by atoms with Crippen molar-refractivity contribution in [3.05, 3.63) is 116 Å². The number of carbonyl (C=O) groups is 9. The third-order valence-electron chi connectivity index (χ3n) is 13.5. The zero-order valence-electron chi connectivity index (χ0n) is 42.7. The number of nitrogens with one attached hydrogen (secondary N) is 6. The lowest BCUT2D eigenvalue weighted by Gasteiger charge is -2.27. The van der Waals surface area contributed by atoms with Gasteiger partial charge in [0.1, 0.15) is 17.9 Å². The minimum absolute atomic E-state index is 0.0691. The standard InChI is InChI=1S/C36H37F3IN5O6.C19H24N4O4/c37-26-13-12-24(32(31(26)39)42-28-14-9-21(40)19-27(28)38)33(47)44-51-18-8-6-4-2-1-3-5-7-17-41-22-10-11-23-25(20-22)36(50)45(35(23)49)29-15-16-30(46)43-34(29)48;20-9-3-1-2-4-10-21-12-5-6-13-14(11-12)19(27)23(18(13)26)15-7-8-16(24)22-17(15)25/h9-14,19-20,29,41-42H,1-8,15-18H2,(H,44,47)(H,43,46,48);5-6,11,15,21H,1-4,7-10,20H2,(H,22,24,25). The molecule has 0 spiro atoms. The van der Waals surface area contributed by atoms with Crippen LogP contribution < -0.4 is 37.8 Å². The van der Waals surface area contributed by atoms with Crippen molar-refractivity contribution in [3.63, 3.8) is 0 Å². The van der Waals surface area contributed by atoms with Gasteiger partial charge in [-0.15, -0.1) is 0 Å². The first-order chi connectivity index (χ1) is 37.6. The van der Waals surface area contributed by atoms with Crippen molar-refractivity contribution in [3.8, 4) is 0 Å². The molecule has 2 fully saturated rings. The lowest BCUT2D eigenvalue weighted by molar-refractivity contribution is -0.137. The molecule has 0 saturated carbocycles. The van der Waals surface area contributed by atoms with Crippen LogP contribution in [-0.4, -0.2) is 101 Å². The molecule has 2 unspecified atom stereocenters. The monoisotopic (exact) mass is 1190 g/mol. The first-order valence-corrected chi connectivity index (χ1v) is 27.2. The smallest absolute Gasteiger partial charge is 0.277 e. The Kier molecular flexibility index (Phi) is 20.9. The van der Waals surface area contributed by atoms with E-state index in [4.69, 9.17) is 10.6 Å². The molecule has 414 valence electrons. The minimum atomic E-state index is -1.31. The number of benzene rings is 4. The number of hydrogen-bond donors (Lipinski definition) is 7. The van der Waals surface area contributed by atoms with E-state index in [9.17, 15) is 56.3 Å². The van der Waals surface area contributed by atoms with Crippen LogP contribution >= 0.6 is 22.6 Å². The fraction of sp³-hybridized carbons (Fsp3) is 0.400. The molecule has 19 nitrogen and oxygen atoms in total. The first kappa shape index (κ1) is 58.4. The van der Waals surface area contributed by atoms with Crippen molar-refractivity contribution in [2.75, 3.05) is 42.2 Å². The molecule has 2 atom stereocenters. The van der Waals surface area contributed by atoms with E-state index in [2.05, 4.69) is 32.1 Å². The highest BCUT2D eigenvalue weighted by molar-refractivity contribution is 14.1. The summed E-state index contributed by atoms with van der Waals surface area (Å²) in [5.74, 6) is -8.06. The molecule has 0 aromatic heterocycles. The number of fused-ring (bicyclic) bond motifs is 2. The van der Waals surface area contributed by atoms with Crippen LogP contribution in [0.5, 0.6) is 0 Å². The van der Waals surface area contributed by atoms with Crippen LogP contribution in [0.3, 0.4) is 0 Å². The summed E-state index contributed by atoms with van der Waals surface area (Å²) in [6.45, 7) is 2.39. The van der Waals surface area contributed by atoms with Crippen LogP contribution in [0, 0.1) is 21.0 Å². The number of piperidine rings is 2. The van der Waals surface area contributed by atoms with Gasteiger partial charge < -0.3 is 21.7 Å². The number of nitrogens with two attached hydrogens (primary N) is 1. The Bertz CT molecular complexity index is 2960. The Morgan fingerprint density at radius 1 is 0.590 bits per heavy atom. The second-order valence-corrected chi connectivity index (χ2v) is 20.4. The fourth-order valence-corrected chi connectivity index (χ4v) is 9.82. The molecule has 2 saturated heterocycles. The second kappa shape index (κ2) is 27.9. The van der Waals surface area contributed by atoms with E-state index in [1.54, 1.807) is 42.5 Å². The van der Waals surface area contributed by atoms with Crippen LogP contribution in [0.15, 0.2) is 66.7 Å². The molecule has 23 heteroatoms. The van der Waals surface area contributed by atoms with Gasteiger partial charge in [0.2, 0.25) is 23.6 Å². The topological polar surface area (TPSA) is 268 Å². The maximum absolute atomic E-state index is 14.6. The van der Waals surface area contributed by atoms with Crippen molar-refractivity contribution in [1.82, 2.24) is 25.9 Å². The van der Waals surface area contributed by atoms with Gasteiger partial charge in [0, 0.05) is 40.9 Å². The molecule has 0 aliphatic carbocycles. The maximum Gasteiger partial charge on any atom is 0.277 e. The van der Waals surface area contributed by atoms with Gasteiger partial charge in [0.25, 0.3) is 29.5 Å². The predicted molar refractivity (Wildman–Crippen MR) is 290 cm³/mol. The maximum atomic E-state index is 14.6. The summed E-state index contributed by atoms with van der Waals surface area (Å²) in [5.41, 5.74) is 9.41. The van der Waals surface area contributed by atoms with E-state index in [1.165, 1.54) is 12.1 Å². The fourth-order valence-electron chi connectivity index (χ4n) is 9.37. The van der Waals surface area contributed by atoms with Crippen molar-refractivity contribution in [1.29, 1.82) is 0 Å². The third-order valence-corrected chi connectivity index (χ3v) is 14.2. The van der Waals surface area contributed by atoms with Gasteiger partial charge in [-0.1, -0.05) is 51.4 Å². The van der Waals surface area contributed by atoms with Crippen LogP contribution in [0.1, 0.15) is 155 Å². The number of amides is 9. The van der Waals surface area contributed by atoms with Gasteiger partial charge in [-0.25, -0.2) is 18.7 Å². The Hall–Kier alpha value is -7.25. The third kappa shape index (κ3) is 14.7. The molecular weight excluding hydrogens is 1130 g/mol. The van der Waals surface area contributed by atoms with Crippen molar-refractivity contribution in [2.45, 2.75) is 115 Å². The number of carbonyl (C=O) groups excluding carboxylic acids is 9. The average molecular weight is 1190 g/mol. The highest BCUT2D eigenvalue weighted by Crippen LogP contribution is 2.32. The summed E-state index contributed by atoms with van der Waals surface area (Å²) in [7, 11) is 0. The predicted octanol–water partition coefficient (Wildman–Crippen LogP) is 7.77. The van der Waals surface area contributed by atoms with Crippen LogP contribution in [0.4, 0.5) is 35.9 Å². The Balaban J connectivity index is 0.000000274. The number of hydrogen-bond acceptors (Lipinski definition) is 14. The number of hydroxylamine groups is 1. The van der Waals surface area contributed by atoms with Crippen molar-refractivity contribution < 1.29 is 61.2 Å². The van der Waals surface area contributed by atoms with E-state index in [-0.39, 0.29) is 71.7 Å². The largest absolute Gasteiger partial charge is 0.385 e. The number of imide groups is 4. The lowest BCUT2D eigenvalue weighted by atomic mass is 10.0. The molecule has 4 heterocycles. The van der Waals surface area contributed by atoms with Gasteiger partial charge in [-0.05, 0) is 134 Å². The normalized spacial score (nSPS) is 16.8. The molecule has 8 N–H and O–H groups in total. The van der Waals surface area contributed by atoms with Gasteiger partial charge in [-0.3, -0.25) is 68.4 Å². The van der Waals surface area contributed by atoms with Gasteiger partial charge >= 0.3 is 0 Å². The van der Waals surface area contributed by atoms with Crippen LogP contribution in [0.2, 0.25) is 0 Å². The number of rotatable bonds is 25. The summed E-state index contributed by atoms with van der Waals surface area (Å²) in [5, 5.41) is 13.4. The first-order valence-electron chi connectivity index (χ1n) is 26.1. The lowest BCUT2D eigenvalue weighted by Crippen LogP contribution is -2.54. The molecule has 0 bridgehead atoms. The van der Waals surface area contributed by atoms with Gasteiger partial charge in [-0.2, -0.15) is 0 Å². The van der Waals surface area contributed by atoms with E-state index >= 15 is 0 Å². The van der Waals surface area contributed by atoms with Crippen molar-refractivity contribution in [2.24, 2.45) is 5.73 Å². The molecule has 8 rings (SSSR count). The highest BCUT2D eigenvalue weighted by atomic mass is 127. The Labute approximate surface area is 461 Å². The van der Waals surface area contributed by atoms with E-state index in [0.29, 0.717) is 28.8 Å². The Morgan fingerprint density at radius 3 is 1.58 bits per heavy atom. The molecule has 4 aliphatic rings. The zero-order chi connectivity index (χ0) is 55.9. The molecule has 4 aromatic carbocycles. The van der Waals surface area contributed by atoms with Gasteiger partial charge in [0.05, 0.1) is 45.8 Å². The molecule has 9 amide bonds. The molecule has 4 aliphatic heterocycles. The summed E-state index contributed by atoms with van der Waals surface area (Å²) in [4.78, 5) is 118. The summed E-state index contributed by atoms with van der Waals surface area (Å²) in [6.07, 6.45) is 12.2. The molecule has 0 radical (unpaired) electrons. The van der Waals surface area contributed by atoms with E-state index in [1.807, 2.05) is 22.6 Å². The van der Waals surface area contributed by atoms with E-state index in [0.717, 1.165) is 105 Å². The van der Waals surface area contributed by atoms with Gasteiger partial charge in [0.15, 0.2) is 11.6 Å². The molecule has 4 aromatic rings. The summed E-state index contributed by atoms with van der Waals surface area (Å²) < 4.78 is 43.4. The number of nitrogens with zero attached hydrogens (tertiary/aromatic N) is 2. The number of anilines is 4. The quantitative estimate of drug-likeness (QED) is 0.0145. The van der Waals surface area contributed by atoms with E-state index < -0.39 is 82.5 Å². The average Bonchev–Trinajstić information content (AvgIpc) is 3.83. The summed E-state index contributed by atoms with van der Waals surface area (Å²) >= 11 is 1.92. The molecule has 78 heavy (non-hydrogen) atoms. The summed E-state index contributed by atoms with van der Waals surface area (Å²) in [6, 6.07) is 14.1. The Morgan fingerprint density at radius 2 is 1.08 bits per heavy atom. The highest BCUT2D eigenvalue weighted by Gasteiger charge is 2.46. The zero-order valence-corrected chi connectivity index (χ0v) is 44.9. The second-order valence-electron chi connectivity index (χ2n) is 19.1. The minimum Gasteiger partial charge on any atom is -0.385 e. The molecular formula is C55H61F3IN9O10. The van der Waals surface area contributed by atoms with Crippen LogP contribution in [0.25, 0.3) is 0 Å². The number of halogens is 4. The van der Waals surface area contributed by atoms with Crippen LogP contribution in [-0.2, 0) is 24.0 Å². The van der Waals surface area contributed by atoms with Crippen molar-refractivity contribution >= 4 is 98.5 Å². The SMILES string of the molecule is NCCCCCCNc1ccc2c(c1)C(=O)N(C1CCC(=O)NC1=O)C2=O.O=C1CCC(N2C(=O)c3ccc(NCCCCCCCCCCONC(=O)c4ccc(F)c(F)c4Nc4ccc(I)cc4F)cc3C2=O)C(=O)N1. The number of unbranched alkanes of at least 4 members (excludes halogenated alkanes) is 10.